The molecule has 1 heterocycles. The van der Waals surface area contributed by atoms with Crippen molar-refractivity contribution in [2.24, 2.45) is 0 Å². The highest BCUT2D eigenvalue weighted by molar-refractivity contribution is 14.1. The average molecular weight is 420 g/mol. The molecule has 0 spiro atoms. The highest BCUT2D eigenvalue weighted by Crippen LogP contribution is 2.26. The van der Waals surface area contributed by atoms with Crippen LogP contribution in [0, 0.1) is 3.57 Å². The van der Waals surface area contributed by atoms with Crippen LogP contribution in [0.15, 0.2) is 6.07 Å². The molecule has 0 aliphatic heterocycles. The predicted octanol–water partition coefficient (Wildman–Crippen LogP) is 3.70. The Morgan fingerprint density at radius 2 is 2.29 bits per heavy atom. The Hall–Kier alpha value is -0.310. The van der Waals surface area contributed by atoms with Crippen LogP contribution in [0.25, 0.3) is 0 Å². The molecule has 0 aliphatic carbocycles. The van der Waals surface area contributed by atoms with E-state index in [0.29, 0.717) is 14.5 Å². The van der Waals surface area contributed by atoms with Gasteiger partial charge in [0.05, 0.1) is 6.61 Å². The van der Waals surface area contributed by atoms with E-state index in [1.165, 1.54) is 6.07 Å². The van der Waals surface area contributed by atoms with E-state index in [4.69, 9.17) is 4.74 Å². The molecule has 0 amide bonds. The molecule has 17 heavy (non-hydrogen) atoms. The Kier molecular flexibility index (Phi) is 5.71. The quantitative estimate of drug-likeness (QED) is 0.424. The monoisotopic (exact) mass is 419 g/mol. The van der Waals surface area contributed by atoms with Crippen molar-refractivity contribution < 1.29 is 18.3 Å². The molecule has 0 bridgehead atoms. The summed E-state index contributed by atoms with van der Waals surface area (Å²) in [5, 5.41) is 0.355. The van der Waals surface area contributed by atoms with Crippen LogP contribution in [-0.4, -0.2) is 17.6 Å². The summed E-state index contributed by atoms with van der Waals surface area (Å²) < 4.78 is 30.4. The van der Waals surface area contributed by atoms with Crippen molar-refractivity contribution >= 4 is 44.5 Å². The largest absolute Gasteiger partial charge is 0.461 e. The summed E-state index contributed by atoms with van der Waals surface area (Å²) in [6.45, 7) is 1.82. The molecular formula is C10H9BrF2INO2. The van der Waals surface area contributed by atoms with Crippen molar-refractivity contribution in [3.8, 4) is 0 Å². The number of carbonyl (C=O) groups is 1. The number of hydrogen-bond donors (Lipinski definition) is 0. The molecule has 0 saturated carbocycles. The third kappa shape index (κ3) is 3.57. The summed E-state index contributed by atoms with van der Waals surface area (Å²) in [5.41, 5.74) is 0.0926. The summed E-state index contributed by atoms with van der Waals surface area (Å²) in [6.07, 6.45) is -2.71. The fraction of sp³-hybridized carbons (Fsp3) is 0.400. The van der Waals surface area contributed by atoms with Crippen molar-refractivity contribution in [2.75, 3.05) is 6.61 Å². The smallest absolute Gasteiger partial charge is 0.357 e. The number of hydrogen-bond acceptors (Lipinski definition) is 3. The first-order valence-electron chi connectivity index (χ1n) is 4.71. The average Bonchev–Trinajstić information content (AvgIpc) is 2.28. The second kappa shape index (κ2) is 6.58. The molecule has 1 rings (SSSR count). The van der Waals surface area contributed by atoms with Crippen molar-refractivity contribution in [3.63, 3.8) is 0 Å². The molecule has 3 nitrogen and oxygen atoms in total. The molecule has 1 aromatic rings. The molecule has 0 aromatic carbocycles. The molecule has 0 N–H and O–H groups in total. The highest BCUT2D eigenvalue weighted by atomic mass is 127. The fourth-order valence-corrected chi connectivity index (χ4v) is 2.33. The summed E-state index contributed by atoms with van der Waals surface area (Å²) in [5.74, 6) is -0.680. The molecule has 0 fully saturated rings. The third-order valence-corrected chi connectivity index (χ3v) is 3.37. The van der Waals surface area contributed by atoms with Gasteiger partial charge in [-0.3, -0.25) is 0 Å². The first kappa shape index (κ1) is 14.7. The molecule has 0 atom stereocenters. The van der Waals surface area contributed by atoms with Crippen LogP contribution in [-0.2, 0) is 10.1 Å². The first-order valence-corrected chi connectivity index (χ1v) is 6.91. The maximum Gasteiger partial charge on any atom is 0.357 e. The number of carbonyl (C=O) groups excluding carboxylic acids is 1. The number of aromatic nitrogens is 1. The minimum atomic E-state index is -2.71. The van der Waals surface area contributed by atoms with Gasteiger partial charge in [-0.2, -0.15) is 0 Å². The minimum Gasteiger partial charge on any atom is -0.461 e. The third-order valence-electron chi connectivity index (χ3n) is 1.90. The molecular weight excluding hydrogens is 411 g/mol. The minimum absolute atomic E-state index is 0.0561. The Labute approximate surface area is 119 Å². The SMILES string of the molecule is CCOC(=O)c1nc(C(F)F)c(I)cc1CBr. The van der Waals surface area contributed by atoms with Gasteiger partial charge in [0.1, 0.15) is 5.69 Å². The first-order chi connectivity index (χ1) is 8.01. The second-order valence-corrected chi connectivity index (χ2v) is 4.74. The van der Waals surface area contributed by atoms with Gasteiger partial charge in [-0.1, -0.05) is 15.9 Å². The lowest BCUT2D eigenvalue weighted by atomic mass is 10.2. The van der Waals surface area contributed by atoms with Crippen LogP contribution in [0.1, 0.15) is 35.1 Å². The summed E-state index contributed by atoms with van der Waals surface area (Å²) in [7, 11) is 0. The van der Waals surface area contributed by atoms with Crippen LogP contribution in [0.4, 0.5) is 8.78 Å². The van der Waals surface area contributed by atoms with E-state index in [1.54, 1.807) is 29.5 Å². The van der Waals surface area contributed by atoms with Crippen molar-refractivity contribution in [2.45, 2.75) is 18.7 Å². The van der Waals surface area contributed by atoms with Gasteiger partial charge in [0, 0.05) is 8.90 Å². The van der Waals surface area contributed by atoms with Gasteiger partial charge in [0.25, 0.3) is 6.43 Å². The van der Waals surface area contributed by atoms with E-state index >= 15 is 0 Å². The number of rotatable bonds is 4. The number of pyridine rings is 1. The summed E-state index contributed by atoms with van der Waals surface area (Å²) in [6, 6.07) is 1.51. The number of ether oxygens (including phenoxy) is 1. The maximum atomic E-state index is 12.7. The Morgan fingerprint density at radius 1 is 1.65 bits per heavy atom. The highest BCUT2D eigenvalue weighted by Gasteiger charge is 2.21. The van der Waals surface area contributed by atoms with Crippen LogP contribution < -0.4 is 0 Å². The van der Waals surface area contributed by atoms with Crippen molar-refractivity contribution in [1.29, 1.82) is 0 Å². The maximum absolute atomic E-state index is 12.7. The normalized spacial score (nSPS) is 10.7. The van der Waals surface area contributed by atoms with Crippen molar-refractivity contribution in [3.05, 3.63) is 26.6 Å². The lowest BCUT2D eigenvalue weighted by Crippen LogP contribution is -2.13. The molecule has 7 heteroatoms. The molecule has 0 unspecified atom stereocenters. The summed E-state index contributed by atoms with van der Waals surface area (Å²) >= 11 is 4.96. The van der Waals surface area contributed by atoms with Gasteiger partial charge < -0.3 is 4.74 Å². The number of esters is 1. The van der Waals surface area contributed by atoms with E-state index in [0.717, 1.165) is 0 Å². The zero-order valence-corrected chi connectivity index (χ0v) is 12.6. The van der Waals surface area contributed by atoms with Gasteiger partial charge in [-0.25, -0.2) is 18.6 Å². The molecule has 94 valence electrons. The zero-order valence-electron chi connectivity index (χ0n) is 8.84. The fourth-order valence-electron chi connectivity index (χ4n) is 1.17. The van der Waals surface area contributed by atoms with Gasteiger partial charge >= 0.3 is 5.97 Å². The second-order valence-electron chi connectivity index (χ2n) is 3.02. The van der Waals surface area contributed by atoms with Crippen LogP contribution in [0.5, 0.6) is 0 Å². The van der Waals surface area contributed by atoms with Crippen molar-refractivity contribution in [1.82, 2.24) is 4.98 Å². The van der Waals surface area contributed by atoms with Crippen LogP contribution in [0.2, 0.25) is 0 Å². The van der Waals surface area contributed by atoms with Gasteiger partial charge in [-0.15, -0.1) is 0 Å². The van der Waals surface area contributed by atoms with E-state index in [9.17, 15) is 13.6 Å². The standard InChI is InChI=1S/C10H9BrF2INO2/c1-2-17-10(16)7-5(4-11)3-6(14)8(15-7)9(12)13/h3,9H,2,4H2,1H3. The zero-order chi connectivity index (χ0) is 13.0. The Bertz CT molecular complexity index is 429. The molecule has 0 saturated heterocycles. The van der Waals surface area contributed by atoms with Gasteiger partial charge in [0.2, 0.25) is 0 Å². The lowest BCUT2D eigenvalue weighted by Gasteiger charge is -2.10. The van der Waals surface area contributed by atoms with Crippen LogP contribution >= 0.6 is 38.5 Å². The van der Waals surface area contributed by atoms with E-state index in [2.05, 4.69) is 20.9 Å². The van der Waals surface area contributed by atoms with E-state index in [1.807, 2.05) is 0 Å². The van der Waals surface area contributed by atoms with Gasteiger partial charge in [0.15, 0.2) is 5.69 Å². The van der Waals surface area contributed by atoms with Gasteiger partial charge in [-0.05, 0) is 41.1 Å². The summed E-state index contributed by atoms with van der Waals surface area (Å²) in [4.78, 5) is 15.3. The number of alkyl halides is 3. The van der Waals surface area contributed by atoms with E-state index < -0.39 is 18.1 Å². The number of halogens is 4. The number of nitrogens with zero attached hydrogens (tertiary/aromatic N) is 1. The van der Waals surface area contributed by atoms with Crippen LogP contribution in [0.3, 0.4) is 0 Å². The topological polar surface area (TPSA) is 39.2 Å². The predicted molar refractivity (Wildman–Crippen MR) is 70.5 cm³/mol. The molecule has 1 aromatic heterocycles. The molecule has 0 aliphatic rings. The Balaban J connectivity index is 3.26. The Morgan fingerprint density at radius 3 is 2.76 bits per heavy atom. The lowest BCUT2D eigenvalue weighted by molar-refractivity contribution is 0.0516. The van der Waals surface area contributed by atoms with E-state index in [-0.39, 0.29) is 12.3 Å². The molecule has 0 radical (unpaired) electrons.